The van der Waals surface area contributed by atoms with Gasteiger partial charge in [-0.25, -0.2) is 4.98 Å². The van der Waals surface area contributed by atoms with E-state index >= 15 is 0 Å². The maximum Gasteiger partial charge on any atom is 0.265 e. The van der Waals surface area contributed by atoms with Crippen molar-refractivity contribution in [2.45, 2.75) is 88.5 Å². The molecule has 0 spiro atoms. The largest absolute Gasteiger partial charge is 0.394 e. The molecule has 0 amide bonds. The number of ether oxygens (including phenoxy) is 1. The van der Waals surface area contributed by atoms with E-state index in [9.17, 15) is 0 Å². The van der Waals surface area contributed by atoms with E-state index in [1.165, 1.54) is 56.0 Å². The van der Waals surface area contributed by atoms with Crippen LogP contribution in [0.5, 0.6) is 0 Å². The molecule has 2 saturated heterocycles. The molecule has 2 bridgehead atoms. The number of aromatic nitrogens is 4. The first kappa shape index (κ1) is 22.8. The van der Waals surface area contributed by atoms with E-state index in [1.54, 1.807) is 0 Å². The minimum absolute atomic E-state index is 0.0771. The second-order valence-corrected chi connectivity index (χ2v) is 17.0. The lowest BCUT2D eigenvalue weighted by molar-refractivity contribution is 0.0849. The first-order valence-corrected chi connectivity index (χ1v) is 16.6. The van der Waals surface area contributed by atoms with Gasteiger partial charge < -0.3 is 18.8 Å². The fourth-order valence-corrected chi connectivity index (χ4v) is 6.96. The molecule has 0 radical (unpaired) electrons. The second-order valence-electron chi connectivity index (χ2n) is 11.4. The van der Waals surface area contributed by atoms with E-state index in [1.807, 2.05) is 12.4 Å². The Bertz CT molecular complexity index is 999. The predicted molar refractivity (Wildman–Crippen MR) is 139 cm³/mol. The molecule has 5 nitrogen and oxygen atoms in total. The third-order valence-electron chi connectivity index (χ3n) is 7.86. The van der Waals surface area contributed by atoms with E-state index in [2.05, 4.69) is 70.3 Å². The smallest absolute Gasteiger partial charge is 0.265 e. The number of hydrogen-bond donors (Lipinski definition) is 1. The topological polar surface area (TPSA) is 47.8 Å². The Hall–Kier alpha value is -1.99. The first-order chi connectivity index (χ1) is 16.0. The zero-order chi connectivity index (χ0) is 22.8. The van der Waals surface area contributed by atoms with Crippen LogP contribution in [0.15, 0.2) is 49.1 Å². The SMILES string of the molecule is C[Si](C)(C)CCOCn1ccnc1C(c1ccc[nH]1)c1cccn1B1C2CCCC1CCC2. The molecule has 1 atom stereocenters. The van der Waals surface area contributed by atoms with Crippen LogP contribution in [-0.2, 0) is 11.5 Å². The summed E-state index contributed by atoms with van der Waals surface area (Å²) < 4.78 is 11.0. The van der Waals surface area contributed by atoms with Gasteiger partial charge in [-0.15, -0.1) is 0 Å². The van der Waals surface area contributed by atoms with Crippen molar-refractivity contribution in [3.05, 3.63) is 66.3 Å². The Morgan fingerprint density at radius 1 is 1.09 bits per heavy atom. The molecule has 33 heavy (non-hydrogen) atoms. The van der Waals surface area contributed by atoms with Gasteiger partial charge in [-0.2, -0.15) is 0 Å². The molecule has 5 heterocycles. The van der Waals surface area contributed by atoms with Crippen molar-refractivity contribution < 1.29 is 4.74 Å². The molecule has 0 saturated carbocycles. The fourth-order valence-electron chi connectivity index (χ4n) is 6.20. The van der Waals surface area contributed by atoms with Gasteiger partial charge in [-0.1, -0.05) is 58.2 Å². The monoisotopic (exact) mass is 462 g/mol. The minimum atomic E-state index is -1.10. The molecule has 0 aliphatic carbocycles. The summed E-state index contributed by atoms with van der Waals surface area (Å²) in [5.74, 6) is 2.77. The molecule has 3 aromatic heterocycles. The summed E-state index contributed by atoms with van der Waals surface area (Å²) in [6.07, 6.45) is 16.7. The van der Waals surface area contributed by atoms with E-state index in [4.69, 9.17) is 9.72 Å². The summed E-state index contributed by atoms with van der Waals surface area (Å²) in [5.41, 5.74) is 2.56. The lowest BCUT2D eigenvalue weighted by Gasteiger charge is -2.42. The molecule has 5 rings (SSSR count). The Kier molecular flexibility index (Phi) is 6.70. The number of rotatable bonds is 9. The molecule has 1 unspecified atom stereocenters. The molecular weight excluding hydrogens is 423 g/mol. The Balaban J connectivity index is 1.45. The second kappa shape index (κ2) is 9.71. The van der Waals surface area contributed by atoms with Crippen LogP contribution < -0.4 is 0 Å². The molecule has 2 aliphatic rings. The van der Waals surface area contributed by atoms with Crippen LogP contribution in [0, 0.1) is 0 Å². The van der Waals surface area contributed by atoms with Gasteiger partial charge in [0.25, 0.3) is 6.85 Å². The minimum Gasteiger partial charge on any atom is -0.394 e. The summed E-state index contributed by atoms with van der Waals surface area (Å²) >= 11 is 0. The van der Waals surface area contributed by atoms with Gasteiger partial charge in [0.1, 0.15) is 12.6 Å². The zero-order valence-electron chi connectivity index (χ0n) is 20.5. The van der Waals surface area contributed by atoms with E-state index in [-0.39, 0.29) is 5.92 Å². The lowest BCUT2D eigenvalue weighted by Crippen LogP contribution is -2.42. The van der Waals surface area contributed by atoms with Gasteiger partial charge in [0, 0.05) is 44.7 Å². The third-order valence-corrected chi connectivity index (χ3v) is 9.56. The quantitative estimate of drug-likeness (QED) is 0.293. The van der Waals surface area contributed by atoms with Crippen molar-refractivity contribution in [2.75, 3.05) is 6.61 Å². The summed E-state index contributed by atoms with van der Waals surface area (Å²) in [5, 5.41) is 0. The average molecular weight is 463 g/mol. The summed E-state index contributed by atoms with van der Waals surface area (Å²) in [6, 6.07) is 10.1. The van der Waals surface area contributed by atoms with Crippen molar-refractivity contribution in [3.63, 3.8) is 0 Å². The van der Waals surface area contributed by atoms with E-state index in [0.717, 1.165) is 24.1 Å². The van der Waals surface area contributed by atoms with Crippen molar-refractivity contribution in [1.29, 1.82) is 0 Å². The molecular formula is C26H39BN4OSi. The van der Waals surface area contributed by atoms with Crippen LogP contribution in [0.1, 0.15) is 61.7 Å². The van der Waals surface area contributed by atoms with Crippen LogP contribution in [-0.4, -0.2) is 40.5 Å². The molecule has 2 fully saturated rings. The highest BCUT2D eigenvalue weighted by atomic mass is 28.3. The van der Waals surface area contributed by atoms with Crippen molar-refractivity contribution in [1.82, 2.24) is 19.0 Å². The van der Waals surface area contributed by atoms with Gasteiger partial charge >= 0.3 is 0 Å². The number of hydrogen-bond acceptors (Lipinski definition) is 2. The number of fused-ring (bicyclic) bond motifs is 2. The van der Waals surface area contributed by atoms with Gasteiger partial charge in [-0.05, 0) is 48.1 Å². The van der Waals surface area contributed by atoms with Gasteiger partial charge in [0.05, 0.1) is 5.92 Å². The highest BCUT2D eigenvalue weighted by Crippen LogP contribution is 2.48. The first-order valence-electron chi connectivity index (χ1n) is 12.9. The third kappa shape index (κ3) is 4.94. The number of nitrogens with one attached hydrogen (secondary N) is 1. The number of H-pyrrole nitrogens is 1. The highest BCUT2D eigenvalue weighted by molar-refractivity contribution is 6.76. The van der Waals surface area contributed by atoms with E-state index in [0.29, 0.717) is 13.6 Å². The van der Waals surface area contributed by atoms with Crippen molar-refractivity contribution >= 4 is 14.9 Å². The summed E-state index contributed by atoms with van der Waals surface area (Å²) in [6.45, 7) is 9.21. The number of aromatic amines is 1. The van der Waals surface area contributed by atoms with Crippen LogP contribution in [0.3, 0.4) is 0 Å². The van der Waals surface area contributed by atoms with Crippen LogP contribution in [0.25, 0.3) is 0 Å². The van der Waals surface area contributed by atoms with Crippen molar-refractivity contribution in [2.24, 2.45) is 0 Å². The fraction of sp³-hybridized carbons (Fsp3) is 0.577. The maximum atomic E-state index is 6.13. The van der Waals surface area contributed by atoms with Crippen LogP contribution >= 0.6 is 0 Å². The molecule has 176 valence electrons. The predicted octanol–water partition coefficient (Wildman–Crippen LogP) is 6.45. The Morgan fingerprint density at radius 2 is 1.85 bits per heavy atom. The molecule has 1 N–H and O–H groups in total. The maximum absolute atomic E-state index is 6.13. The van der Waals surface area contributed by atoms with Gasteiger partial charge in [0.15, 0.2) is 0 Å². The van der Waals surface area contributed by atoms with Gasteiger partial charge in [0.2, 0.25) is 0 Å². The average Bonchev–Trinajstić information content (AvgIpc) is 3.54. The zero-order valence-corrected chi connectivity index (χ0v) is 21.5. The van der Waals surface area contributed by atoms with Crippen molar-refractivity contribution in [3.8, 4) is 0 Å². The molecule has 2 aliphatic heterocycles. The Morgan fingerprint density at radius 3 is 2.52 bits per heavy atom. The molecule has 3 aromatic rings. The van der Waals surface area contributed by atoms with Gasteiger partial charge in [-0.3, -0.25) is 0 Å². The Labute approximate surface area is 200 Å². The number of nitrogens with zero attached hydrogens (tertiary/aromatic N) is 3. The summed E-state index contributed by atoms with van der Waals surface area (Å²) in [4.78, 5) is 8.38. The van der Waals surface area contributed by atoms with E-state index < -0.39 is 8.07 Å². The molecule has 0 aromatic carbocycles. The lowest BCUT2D eigenvalue weighted by atomic mass is 9.34. The van der Waals surface area contributed by atoms with Crippen LogP contribution in [0.2, 0.25) is 37.3 Å². The highest BCUT2D eigenvalue weighted by Gasteiger charge is 2.42. The van der Waals surface area contributed by atoms with Crippen LogP contribution in [0.4, 0.5) is 0 Å². The normalized spacial score (nSPS) is 22.0. The standard InChI is InChI=1S/C26H39BN4OSi/c1-33(2,3)19-18-32-20-30-17-15-29-26(30)25(23-12-6-14-28-23)24-13-7-16-31(24)27-21-8-4-9-22(27)11-5-10-21/h6-7,12-17,21-22,25,28H,4-5,8-11,18-20H2,1-3H3. The number of imidazole rings is 1. The summed E-state index contributed by atoms with van der Waals surface area (Å²) in [7, 11) is -1.10. The molecule has 7 heteroatoms.